The summed E-state index contributed by atoms with van der Waals surface area (Å²) in [6.45, 7) is 1.19. The number of nitro groups is 1. The van der Waals surface area contributed by atoms with Crippen molar-refractivity contribution in [2.45, 2.75) is 6.92 Å². The van der Waals surface area contributed by atoms with Gasteiger partial charge in [-0.15, -0.1) is 0 Å². The van der Waals surface area contributed by atoms with Crippen LogP contribution in [0.3, 0.4) is 0 Å². The lowest BCUT2D eigenvalue weighted by Crippen LogP contribution is -2.21. The average Bonchev–Trinajstić information content (AvgIpc) is 3.48. The normalized spacial score (nSPS) is 11.3. The fraction of sp³-hybridized carbons (Fsp3) is 0.0909. The summed E-state index contributed by atoms with van der Waals surface area (Å²) in [6, 6.07) is 21.1. The molecule has 6 aromatic rings. The van der Waals surface area contributed by atoms with Crippen LogP contribution < -0.4 is 20.3 Å². The highest BCUT2D eigenvalue weighted by Gasteiger charge is 2.24. The van der Waals surface area contributed by atoms with Crippen molar-refractivity contribution in [2.24, 2.45) is 5.10 Å². The van der Waals surface area contributed by atoms with E-state index in [4.69, 9.17) is 25.5 Å². The van der Waals surface area contributed by atoms with Gasteiger partial charge in [0, 0.05) is 27.7 Å². The average molecular weight is 656 g/mol. The summed E-state index contributed by atoms with van der Waals surface area (Å²) >= 11 is 6.15. The zero-order valence-corrected chi connectivity index (χ0v) is 25.2. The van der Waals surface area contributed by atoms with Crippen LogP contribution in [-0.4, -0.2) is 39.9 Å². The van der Waals surface area contributed by atoms with E-state index >= 15 is 0 Å². The van der Waals surface area contributed by atoms with Gasteiger partial charge in [0.2, 0.25) is 11.6 Å². The Hall–Kier alpha value is -6.08. The van der Waals surface area contributed by atoms with Crippen molar-refractivity contribution in [3.63, 3.8) is 0 Å². The van der Waals surface area contributed by atoms with Gasteiger partial charge in [0.15, 0.2) is 18.1 Å². The number of benzene rings is 4. The Labute approximate surface area is 269 Å². The highest BCUT2D eigenvalue weighted by Crippen LogP contribution is 2.38. The predicted octanol–water partition coefficient (Wildman–Crippen LogP) is 6.81. The Morgan fingerprint density at radius 2 is 1.89 bits per heavy atom. The van der Waals surface area contributed by atoms with Crippen LogP contribution in [0, 0.1) is 15.9 Å². The van der Waals surface area contributed by atoms with E-state index in [0.717, 1.165) is 4.68 Å². The third kappa shape index (κ3) is 6.65. The van der Waals surface area contributed by atoms with Gasteiger partial charge in [-0.2, -0.15) is 9.78 Å². The fourth-order valence-electron chi connectivity index (χ4n) is 4.73. The quantitative estimate of drug-likeness (QED) is 0.0960. The maximum Gasteiger partial charge on any atom is 0.315 e. The summed E-state index contributed by atoms with van der Waals surface area (Å²) in [5.41, 5.74) is 0.413. The van der Waals surface area contributed by atoms with E-state index in [1.165, 1.54) is 42.6 Å². The Morgan fingerprint density at radius 3 is 2.66 bits per heavy atom. The predicted molar refractivity (Wildman–Crippen MR) is 174 cm³/mol. The molecule has 0 bridgehead atoms. The molecule has 0 saturated carbocycles. The molecule has 0 unspecified atom stereocenters. The molecule has 0 fully saturated rings. The van der Waals surface area contributed by atoms with E-state index in [9.17, 15) is 24.1 Å². The van der Waals surface area contributed by atoms with E-state index in [-0.39, 0.29) is 40.6 Å². The number of nitrogens with one attached hydrogen (secondary N) is 1. The van der Waals surface area contributed by atoms with E-state index in [1.807, 2.05) is 0 Å². The minimum absolute atomic E-state index is 0.0314. The van der Waals surface area contributed by atoms with E-state index in [0.29, 0.717) is 27.2 Å². The molecule has 0 saturated heterocycles. The molecule has 0 aliphatic rings. The molecule has 236 valence electrons. The monoisotopic (exact) mass is 655 g/mol. The number of rotatable bonds is 10. The third-order valence-corrected chi connectivity index (χ3v) is 7.04. The Bertz CT molecular complexity index is 2250. The van der Waals surface area contributed by atoms with E-state index < -0.39 is 34.5 Å². The van der Waals surface area contributed by atoms with Crippen LogP contribution >= 0.6 is 11.6 Å². The standard InChI is InChI=1S/C33H23ClFN5O7/c1-2-45-28-14-19(13-26(40(43)44)31(28)46-18-30(41)37-23-10-8-22(35)9-11-23)17-36-39-32(38-25-6-4-3-5-24(25)33(39)42)29-16-20-15-21(34)7-12-27(20)47-29/h3-17H,2,18H2,1H3,(H,37,41). The number of anilines is 1. The SMILES string of the molecule is CCOc1cc(C=Nn2c(-c3cc4cc(Cl)ccc4o3)nc3ccccc3c2=O)cc([N+](=O)[O-])c1OCC(=O)Nc1ccc(F)cc1. The van der Waals surface area contributed by atoms with Gasteiger partial charge in [-0.1, -0.05) is 23.7 Å². The van der Waals surface area contributed by atoms with Crippen molar-refractivity contribution in [1.29, 1.82) is 0 Å². The number of halogens is 2. The number of hydrogen-bond donors (Lipinski definition) is 1. The molecule has 0 atom stereocenters. The lowest BCUT2D eigenvalue weighted by atomic mass is 10.2. The van der Waals surface area contributed by atoms with Crippen LogP contribution in [0.5, 0.6) is 11.5 Å². The van der Waals surface area contributed by atoms with Gasteiger partial charge in [-0.25, -0.2) is 9.37 Å². The van der Waals surface area contributed by atoms with Crippen LogP contribution in [0.2, 0.25) is 5.02 Å². The summed E-state index contributed by atoms with van der Waals surface area (Å²) in [4.78, 5) is 42.2. The van der Waals surface area contributed by atoms with Gasteiger partial charge >= 0.3 is 5.69 Å². The second kappa shape index (κ2) is 13.1. The molecular formula is C33H23ClFN5O7. The maximum atomic E-state index is 13.6. The Kier molecular flexibility index (Phi) is 8.62. The highest BCUT2D eigenvalue weighted by atomic mass is 35.5. The van der Waals surface area contributed by atoms with Gasteiger partial charge in [0.25, 0.3) is 11.5 Å². The maximum absolute atomic E-state index is 13.6. The summed E-state index contributed by atoms with van der Waals surface area (Å²) in [6.07, 6.45) is 1.24. The number of hydrogen-bond acceptors (Lipinski definition) is 9. The molecular weight excluding hydrogens is 633 g/mol. The Balaban J connectivity index is 1.37. The molecule has 14 heteroatoms. The summed E-state index contributed by atoms with van der Waals surface area (Å²) < 4.78 is 31.4. The number of aromatic nitrogens is 2. The molecule has 0 spiro atoms. The van der Waals surface area contributed by atoms with Crippen molar-refractivity contribution < 1.29 is 28.0 Å². The lowest BCUT2D eigenvalue weighted by Gasteiger charge is -2.13. The van der Waals surface area contributed by atoms with Gasteiger partial charge in [0.05, 0.1) is 28.6 Å². The second-order valence-electron chi connectivity index (χ2n) is 10.0. The number of fused-ring (bicyclic) bond motifs is 2. The third-order valence-electron chi connectivity index (χ3n) is 6.80. The van der Waals surface area contributed by atoms with Crippen LogP contribution in [0.25, 0.3) is 33.5 Å². The highest BCUT2D eigenvalue weighted by molar-refractivity contribution is 6.31. The molecule has 2 aromatic heterocycles. The first-order valence-electron chi connectivity index (χ1n) is 14.1. The summed E-state index contributed by atoms with van der Waals surface area (Å²) in [5, 5.41) is 20.5. The Morgan fingerprint density at radius 1 is 1.11 bits per heavy atom. The van der Waals surface area contributed by atoms with Gasteiger partial charge < -0.3 is 19.2 Å². The number of furan rings is 1. The van der Waals surface area contributed by atoms with Crippen molar-refractivity contribution in [1.82, 2.24) is 9.66 Å². The molecule has 0 radical (unpaired) electrons. The van der Waals surface area contributed by atoms with Crippen LogP contribution in [-0.2, 0) is 4.79 Å². The molecule has 4 aromatic carbocycles. The van der Waals surface area contributed by atoms with Crippen molar-refractivity contribution in [3.05, 3.63) is 122 Å². The van der Waals surface area contributed by atoms with Crippen molar-refractivity contribution in [2.75, 3.05) is 18.5 Å². The first-order valence-corrected chi connectivity index (χ1v) is 14.5. The van der Waals surface area contributed by atoms with Gasteiger partial charge in [-0.3, -0.25) is 19.7 Å². The molecule has 0 aliphatic heterocycles. The lowest BCUT2D eigenvalue weighted by molar-refractivity contribution is -0.385. The minimum atomic E-state index is -0.693. The van der Waals surface area contributed by atoms with E-state index in [2.05, 4.69) is 15.4 Å². The van der Waals surface area contributed by atoms with Crippen molar-refractivity contribution >= 4 is 57.0 Å². The van der Waals surface area contributed by atoms with Gasteiger partial charge in [-0.05, 0) is 73.7 Å². The number of carbonyl (C=O) groups is 1. The summed E-state index contributed by atoms with van der Waals surface area (Å²) in [7, 11) is 0. The molecule has 1 N–H and O–H groups in total. The first kappa shape index (κ1) is 30.9. The zero-order valence-electron chi connectivity index (χ0n) is 24.5. The van der Waals surface area contributed by atoms with Crippen LogP contribution in [0.4, 0.5) is 15.8 Å². The minimum Gasteiger partial charge on any atom is -0.490 e. The summed E-state index contributed by atoms with van der Waals surface area (Å²) in [5.74, 6) is -1.10. The van der Waals surface area contributed by atoms with Crippen LogP contribution in [0.15, 0.2) is 99.2 Å². The largest absolute Gasteiger partial charge is 0.490 e. The number of nitrogens with zero attached hydrogens (tertiary/aromatic N) is 4. The fourth-order valence-corrected chi connectivity index (χ4v) is 4.91. The molecule has 6 rings (SSSR count). The molecule has 47 heavy (non-hydrogen) atoms. The molecule has 12 nitrogen and oxygen atoms in total. The topological polar surface area (TPSA) is 151 Å². The number of nitro benzene ring substituents is 1. The number of ether oxygens (including phenoxy) is 2. The smallest absolute Gasteiger partial charge is 0.315 e. The molecule has 1 amide bonds. The van der Waals surface area contributed by atoms with Crippen LogP contribution in [0.1, 0.15) is 12.5 Å². The zero-order chi connectivity index (χ0) is 33.1. The van der Waals surface area contributed by atoms with Gasteiger partial charge in [0.1, 0.15) is 11.4 Å². The van der Waals surface area contributed by atoms with Crippen molar-refractivity contribution in [3.8, 4) is 23.1 Å². The first-order chi connectivity index (χ1) is 22.7. The number of carbonyl (C=O) groups excluding carboxylic acids is 1. The van der Waals surface area contributed by atoms with E-state index in [1.54, 1.807) is 55.5 Å². The second-order valence-corrected chi connectivity index (χ2v) is 10.4. The molecule has 2 heterocycles. The number of amides is 1. The molecule has 0 aliphatic carbocycles. The number of para-hydroxylation sites is 1.